The van der Waals surface area contributed by atoms with Gasteiger partial charge in [-0.3, -0.25) is 4.79 Å². The highest BCUT2D eigenvalue weighted by molar-refractivity contribution is 5.98. The molecule has 20 heavy (non-hydrogen) atoms. The fourth-order valence-electron chi connectivity index (χ4n) is 2.39. The summed E-state index contributed by atoms with van der Waals surface area (Å²) in [7, 11) is 0. The molecule has 0 heterocycles. The molecule has 0 aliphatic carbocycles. The second-order valence-corrected chi connectivity index (χ2v) is 5.30. The van der Waals surface area contributed by atoms with E-state index in [-0.39, 0.29) is 5.78 Å². The Balaban J connectivity index is 2.30. The number of carbonyl (C=O) groups is 1. The largest absolute Gasteiger partial charge is 0.310 e. The summed E-state index contributed by atoms with van der Waals surface area (Å²) < 4.78 is 0. The predicted molar refractivity (Wildman–Crippen MR) is 85.5 cm³/mol. The molecule has 1 aromatic carbocycles. The summed E-state index contributed by atoms with van der Waals surface area (Å²) in [5, 5.41) is 3.25. The van der Waals surface area contributed by atoms with Crippen LogP contribution >= 0.6 is 0 Å². The highest BCUT2D eigenvalue weighted by atomic mass is 16.1. The van der Waals surface area contributed by atoms with E-state index in [1.54, 1.807) is 0 Å². The van der Waals surface area contributed by atoms with Gasteiger partial charge in [-0.15, -0.1) is 0 Å². The van der Waals surface area contributed by atoms with Gasteiger partial charge in [-0.25, -0.2) is 0 Å². The molecule has 1 rings (SSSR count). The van der Waals surface area contributed by atoms with Crippen molar-refractivity contribution < 1.29 is 4.79 Å². The number of hydrogen-bond donors (Lipinski definition) is 1. The first-order valence-electron chi connectivity index (χ1n) is 7.62. The zero-order valence-electron chi connectivity index (χ0n) is 13.3. The van der Waals surface area contributed by atoms with Gasteiger partial charge in [-0.1, -0.05) is 37.6 Å². The Kier molecular flexibility index (Phi) is 7.48. The van der Waals surface area contributed by atoms with Crippen molar-refractivity contribution in [3.8, 4) is 0 Å². The van der Waals surface area contributed by atoms with E-state index in [0.29, 0.717) is 6.54 Å². The van der Waals surface area contributed by atoms with E-state index < -0.39 is 0 Å². The molecule has 3 nitrogen and oxygen atoms in total. The zero-order valence-corrected chi connectivity index (χ0v) is 13.3. The molecule has 0 atom stereocenters. The maximum Gasteiger partial charge on any atom is 0.176 e. The Bertz CT molecular complexity index is 425. The summed E-state index contributed by atoms with van der Waals surface area (Å²) in [5.41, 5.74) is 3.11. The first-order chi connectivity index (χ1) is 9.58. The molecule has 0 aliphatic heterocycles. The lowest BCUT2D eigenvalue weighted by Crippen LogP contribution is -2.29. The first-order valence-corrected chi connectivity index (χ1v) is 7.62. The van der Waals surface area contributed by atoms with Crippen LogP contribution in [0.1, 0.15) is 41.8 Å². The van der Waals surface area contributed by atoms with Gasteiger partial charge < -0.3 is 10.2 Å². The van der Waals surface area contributed by atoms with E-state index in [1.807, 2.05) is 26.0 Å². The van der Waals surface area contributed by atoms with Gasteiger partial charge in [0.2, 0.25) is 0 Å². The van der Waals surface area contributed by atoms with Gasteiger partial charge in [-0.2, -0.15) is 0 Å². The summed E-state index contributed by atoms with van der Waals surface area (Å²) in [6, 6.07) is 6.00. The second-order valence-electron chi connectivity index (χ2n) is 5.30. The lowest BCUT2D eigenvalue weighted by Gasteiger charge is -2.17. The van der Waals surface area contributed by atoms with Gasteiger partial charge in [0.1, 0.15) is 0 Å². The van der Waals surface area contributed by atoms with Crippen molar-refractivity contribution in [1.29, 1.82) is 0 Å². The monoisotopic (exact) mass is 276 g/mol. The van der Waals surface area contributed by atoms with Crippen LogP contribution in [0.3, 0.4) is 0 Å². The molecule has 1 N–H and O–H groups in total. The van der Waals surface area contributed by atoms with Crippen molar-refractivity contribution in [1.82, 2.24) is 10.2 Å². The topological polar surface area (TPSA) is 32.3 Å². The number of ketones is 1. The Labute approximate surface area is 123 Å². The number of hydrogen-bond acceptors (Lipinski definition) is 3. The minimum Gasteiger partial charge on any atom is -0.310 e. The molecular weight excluding hydrogens is 248 g/mol. The molecular formula is C17H28N2O. The average Bonchev–Trinajstić information content (AvgIpc) is 2.42. The normalized spacial score (nSPS) is 11.1. The van der Waals surface area contributed by atoms with Crippen LogP contribution in [-0.4, -0.2) is 43.4 Å². The van der Waals surface area contributed by atoms with E-state index >= 15 is 0 Å². The van der Waals surface area contributed by atoms with Gasteiger partial charge >= 0.3 is 0 Å². The third kappa shape index (κ3) is 5.43. The molecule has 0 bridgehead atoms. The number of aryl methyl sites for hydroxylation is 2. The fourth-order valence-corrected chi connectivity index (χ4v) is 2.39. The number of rotatable bonds is 9. The standard InChI is InChI=1S/C17H28N2O/c1-5-19(6-2)11-7-10-18-13-17(20)16-9-8-14(3)12-15(16)4/h8-9,12,18H,5-7,10-11,13H2,1-4H3. The van der Waals surface area contributed by atoms with Crippen molar-refractivity contribution in [3.05, 3.63) is 34.9 Å². The Morgan fingerprint density at radius 2 is 1.90 bits per heavy atom. The maximum absolute atomic E-state index is 12.1. The second kappa shape index (κ2) is 8.88. The first kappa shape index (κ1) is 16.9. The van der Waals surface area contributed by atoms with Gasteiger partial charge in [-0.05, 0) is 52.0 Å². The lowest BCUT2D eigenvalue weighted by molar-refractivity contribution is 0.0990. The summed E-state index contributed by atoms with van der Waals surface area (Å²) in [6.45, 7) is 13.0. The summed E-state index contributed by atoms with van der Waals surface area (Å²) in [5.74, 6) is 0.185. The maximum atomic E-state index is 12.1. The smallest absolute Gasteiger partial charge is 0.176 e. The van der Waals surface area contributed by atoms with Crippen LogP contribution < -0.4 is 5.32 Å². The molecule has 0 unspecified atom stereocenters. The van der Waals surface area contributed by atoms with E-state index in [4.69, 9.17) is 0 Å². The molecule has 1 aromatic rings. The highest BCUT2D eigenvalue weighted by Gasteiger charge is 2.08. The van der Waals surface area contributed by atoms with Crippen LogP contribution in [0.4, 0.5) is 0 Å². The van der Waals surface area contributed by atoms with Crippen molar-refractivity contribution in [2.75, 3.05) is 32.7 Å². The van der Waals surface area contributed by atoms with Gasteiger partial charge in [0.05, 0.1) is 6.54 Å². The zero-order chi connectivity index (χ0) is 15.0. The number of nitrogens with zero attached hydrogens (tertiary/aromatic N) is 1. The van der Waals surface area contributed by atoms with Crippen LogP contribution in [0.15, 0.2) is 18.2 Å². The van der Waals surface area contributed by atoms with Crippen molar-refractivity contribution in [2.45, 2.75) is 34.1 Å². The SMILES string of the molecule is CCN(CC)CCCNCC(=O)c1ccc(C)cc1C. The van der Waals surface area contributed by atoms with E-state index in [0.717, 1.165) is 43.7 Å². The number of nitrogens with one attached hydrogen (secondary N) is 1. The predicted octanol–water partition coefficient (Wildman–Crippen LogP) is 2.81. The summed E-state index contributed by atoms with van der Waals surface area (Å²) >= 11 is 0. The van der Waals surface area contributed by atoms with Gasteiger partial charge in [0.25, 0.3) is 0 Å². The number of Topliss-reactive ketones (excluding diaryl/α,β-unsaturated/α-hetero) is 1. The van der Waals surface area contributed by atoms with Crippen molar-refractivity contribution in [3.63, 3.8) is 0 Å². The molecule has 0 saturated heterocycles. The third-order valence-electron chi connectivity index (χ3n) is 3.69. The minimum absolute atomic E-state index is 0.185. The molecule has 0 amide bonds. The summed E-state index contributed by atoms with van der Waals surface area (Å²) in [6.07, 6.45) is 1.09. The van der Waals surface area contributed by atoms with Gasteiger partial charge in [0, 0.05) is 5.56 Å². The van der Waals surface area contributed by atoms with Crippen LogP contribution in [0.25, 0.3) is 0 Å². The van der Waals surface area contributed by atoms with E-state index in [9.17, 15) is 4.79 Å². The fraction of sp³-hybridized carbons (Fsp3) is 0.588. The Morgan fingerprint density at radius 1 is 1.20 bits per heavy atom. The van der Waals surface area contributed by atoms with Gasteiger partial charge in [0.15, 0.2) is 5.78 Å². The Hall–Kier alpha value is -1.19. The molecule has 0 radical (unpaired) electrons. The molecule has 0 spiro atoms. The number of benzene rings is 1. The third-order valence-corrected chi connectivity index (χ3v) is 3.69. The quantitative estimate of drug-likeness (QED) is 0.556. The molecule has 0 aliphatic rings. The van der Waals surface area contributed by atoms with Crippen LogP contribution in [0.2, 0.25) is 0 Å². The van der Waals surface area contributed by atoms with E-state index in [2.05, 4.69) is 30.1 Å². The highest BCUT2D eigenvalue weighted by Crippen LogP contribution is 2.10. The molecule has 3 heteroatoms. The lowest BCUT2D eigenvalue weighted by atomic mass is 10.0. The van der Waals surface area contributed by atoms with Crippen molar-refractivity contribution in [2.24, 2.45) is 0 Å². The molecule has 112 valence electrons. The number of carbonyl (C=O) groups excluding carboxylic acids is 1. The van der Waals surface area contributed by atoms with E-state index in [1.165, 1.54) is 5.56 Å². The Morgan fingerprint density at radius 3 is 2.50 bits per heavy atom. The van der Waals surface area contributed by atoms with Crippen LogP contribution in [0.5, 0.6) is 0 Å². The van der Waals surface area contributed by atoms with Crippen LogP contribution in [0, 0.1) is 13.8 Å². The molecule has 0 aromatic heterocycles. The minimum atomic E-state index is 0.185. The van der Waals surface area contributed by atoms with Crippen molar-refractivity contribution >= 4 is 5.78 Å². The average molecular weight is 276 g/mol. The molecule has 0 saturated carbocycles. The summed E-state index contributed by atoms with van der Waals surface area (Å²) in [4.78, 5) is 14.5. The van der Waals surface area contributed by atoms with Crippen LogP contribution in [-0.2, 0) is 0 Å². The molecule has 0 fully saturated rings.